The third-order valence-corrected chi connectivity index (χ3v) is 6.29. The van der Waals surface area contributed by atoms with E-state index in [1.165, 1.54) is 6.92 Å². The molecule has 0 radical (unpaired) electrons. The van der Waals surface area contributed by atoms with Gasteiger partial charge in [-0.05, 0) is 101 Å². The quantitative estimate of drug-likeness (QED) is 0.126. The molecule has 0 aliphatic heterocycles. The first-order chi connectivity index (χ1) is 19.5. The number of nitrogens with two attached hydrogens (primary N) is 1. The fourth-order valence-electron chi connectivity index (χ4n) is 4.23. The number of hydrogen-bond donors (Lipinski definition) is 7. The van der Waals surface area contributed by atoms with Crippen LogP contribution in [0.4, 0.5) is 0 Å². The van der Waals surface area contributed by atoms with Crippen LogP contribution in [0.1, 0.15) is 66.9 Å². The summed E-state index contributed by atoms with van der Waals surface area (Å²) >= 11 is 0. The number of methoxy groups -OCH3 is 2. The zero-order valence-electron chi connectivity index (χ0n) is 26.2. The summed E-state index contributed by atoms with van der Waals surface area (Å²) in [6.07, 6.45) is 3.51. The minimum Gasteiger partial charge on any atom is -0.496 e. The van der Waals surface area contributed by atoms with Crippen molar-refractivity contribution in [3.8, 4) is 11.5 Å². The minimum absolute atomic E-state index is 0.0251. The van der Waals surface area contributed by atoms with Crippen molar-refractivity contribution in [1.29, 1.82) is 0 Å². The summed E-state index contributed by atoms with van der Waals surface area (Å²) in [4.78, 5) is 11.4. The zero-order chi connectivity index (χ0) is 31.4. The van der Waals surface area contributed by atoms with E-state index < -0.39 is 14.1 Å². The molecule has 10 nitrogen and oxygen atoms in total. The third kappa shape index (κ3) is 16.4. The summed E-state index contributed by atoms with van der Waals surface area (Å²) < 4.78 is 10.5. The molecular formula is C29H52B2N4O6. The van der Waals surface area contributed by atoms with Crippen molar-refractivity contribution in [3.63, 3.8) is 0 Å². The lowest BCUT2D eigenvalue weighted by molar-refractivity contribution is -0.119. The van der Waals surface area contributed by atoms with Gasteiger partial charge < -0.3 is 46.1 Å². The van der Waals surface area contributed by atoms with Crippen LogP contribution in [0, 0.1) is 13.8 Å². The molecule has 2 aromatic rings. The normalized spacial score (nSPS) is 11.6. The maximum atomic E-state index is 11.4. The summed E-state index contributed by atoms with van der Waals surface area (Å²) in [5.41, 5.74) is 10.5. The highest BCUT2D eigenvalue weighted by Crippen LogP contribution is 2.25. The smallest absolute Gasteiger partial charge is 0.373 e. The lowest BCUT2D eigenvalue weighted by atomic mass is 9.88. The van der Waals surface area contributed by atoms with Gasteiger partial charge in [0.1, 0.15) is 11.5 Å². The number of rotatable bonds is 15. The van der Waals surface area contributed by atoms with Crippen molar-refractivity contribution in [1.82, 2.24) is 15.8 Å². The second-order valence-corrected chi connectivity index (χ2v) is 9.86. The number of amides is 1. The molecule has 0 saturated carbocycles. The first-order valence-corrected chi connectivity index (χ1v) is 14.1. The van der Waals surface area contributed by atoms with E-state index in [9.17, 15) is 9.82 Å². The van der Waals surface area contributed by atoms with Gasteiger partial charge in [-0.1, -0.05) is 24.3 Å². The van der Waals surface area contributed by atoms with Crippen molar-refractivity contribution in [2.75, 3.05) is 34.4 Å². The molecular weight excluding hydrogens is 522 g/mol. The van der Waals surface area contributed by atoms with E-state index >= 15 is 0 Å². The molecule has 41 heavy (non-hydrogen) atoms. The van der Waals surface area contributed by atoms with Crippen molar-refractivity contribution < 1.29 is 29.4 Å². The van der Waals surface area contributed by atoms with E-state index in [4.69, 9.17) is 25.3 Å². The molecule has 12 heteroatoms. The van der Waals surface area contributed by atoms with Crippen LogP contribution in [0.2, 0.25) is 13.6 Å². The number of nitrogens with one attached hydrogen (secondary N) is 3. The molecule has 0 aliphatic rings. The van der Waals surface area contributed by atoms with Gasteiger partial charge >= 0.3 is 14.1 Å². The number of aryl methyl sites for hydroxylation is 2. The van der Waals surface area contributed by atoms with E-state index in [-0.39, 0.29) is 18.0 Å². The number of aliphatic hydroxyl groups is 1. The minimum atomic E-state index is -0.507. The highest BCUT2D eigenvalue weighted by molar-refractivity contribution is 6.45. The topological polar surface area (TPSA) is 158 Å². The lowest BCUT2D eigenvalue weighted by Gasteiger charge is -2.20. The van der Waals surface area contributed by atoms with Crippen molar-refractivity contribution in [2.45, 2.75) is 72.2 Å². The Balaban J connectivity index is 0.000000743. The molecule has 230 valence electrons. The number of ether oxygens (including phenoxy) is 2. The van der Waals surface area contributed by atoms with Crippen LogP contribution in [-0.2, 0) is 4.79 Å². The first-order valence-electron chi connectivity index (χ1n) is 14.1. The maximum Gasteiger partial charge on any atom is 0.373 e. The van der Waals surface area contributed by atoms with Crippen LogP contribution >= 0.6 is 0 Å². The average molecular weight is 574 g/mol. The molecule has 0 saturated heterocycles. The summed E-state index contributed by atoms with van der Waals surface area (Å²) in [5.74, 6) is 1.69. The molecule has 0 fully saturated rings. The summed E-state index contributed by atoms with van der Waals surface area (Å²) in [6.45, 7) is 10.4. The van der Waals surface area contributed by atoms with Crippen molar-refractivity contribution in [3.05, 3.63) is 58.7 Å². The van der Waals surface area contributed by atoms with Gasteiger partial charge in [-0.3, -0.25) is 4.79 Å². The molecule has 0 unspecified atom stereocenters. The van der Waals surface area contributed by atoms with Gasteiger partial charge in [0, 0.05) is 20.1 Å². The second kappa shape index (κ2) is 22.1. The molecule has 0 heterocycles. The number of aliphatic hydroxyl groups excluding tert-OH is 1. The van der Waals surface area contributed by atoms with Crippen LogP contribution in [0.25, 0.3) is 0 Å². The SMILES string of the molecule is CO.COc1ccc([C@@H](CCCNB(C)O)NC(C)=O)cc1C.COc1ccc([C@H](N)CCCNB(C)O)cc1C. The van der Waals surface area contributed by atoms with Crippen LogP contribution in [0.5, 0.6) is 11.5 Å². The predicted octanol–water partition coefficient (Wildman–Crippen LogP) is 2.75. The summed E-state index contributed by atoms with van der Waals surface area (Å²) in [7, 11) is 3.36. The number of carbonyl (C=O) groups is 1. The van der Waals surface area contributed by atoms with E-state index in [1.54, 1.807) is 27.9 Å². The molecule has 0 spiro atoms. The second-order valence-electron chi connectivity index (χ2n) is 9.86. The Morgan fingerprint density at radius 3 is 1.71 bits per heavy atom. The highest BCUT2D eigenvalue weighted by Gasteiger charge is 2.14. The largest absolute Gasteiger partial charge is 0.496 e. The van der Waals surface area contributed by atoms with Crippen LogP contribution in [0.3, 0.4) is 0 Å². The summed E-state index contributed by atoms with van der Waals surface area (Å²) in [5, 5.41) is 34.2. The fraction of sp³-hybridized carbons (Fsp3) is 0.552. The van der Waals surface area contributed by atoms with Crippen LogP contribution < -0.4 is 31.0 Å². The van der Waals surface area contributed by atoms with Gasteiger partial charge in [-0.2, -0.15) is 0 Å². The van der Waals surface area contributed by atoms with Gasteiger partial charge in [0.2, 0.25) is 5.91 Å². The van der Waals surface area contributed by atoms with Gasteiger partial charge in [-0.15, -0.1) is 0 Å². The van der Waals surface area contributed by atoms with Gasteiger partial charge in [-0.25, -0.2) is 0 Å². The average Bonchev–Trinajstić information content (AvgIpc) is 2.93. The Bertz CT molecular complexity index is 998. The highest BCUT2D eigenvalue weighted by atomic mass is 16.5. The fourth-order valence-corrected chi connectivity index (χ4v) is 4.23. The third-order valence-electron chi connectivity index (χ3n) is 6.29. The molecule has 8 N–H and O–H groups in total. The van der Waals surface area contributed by atoms with E-state index in [0.717, 1.165) is 73.1 Å². The van der Waals surface area contributed by atoms with Crippen LogP contribution in [-0.4, -0.2) is 69.6 Å². The number of benzene rings is 2. The molecule has 0 aliphatic carbocycles. The summed E-state index contributed by atoms with van der Waals surface area (Å²) in [6, 6.07) is 12.0. The Labute approximate surface area is 247 Å². The van der Waals surface area contributed by atoms with E-state index in [0.29, 0.717) is 6.54 Å². The number of hydrogen-bond acceptors (Lipinski definition) is 9. The van der Waals surface area contributed by atoms with Crippen LogP contribution in [0.15, 0.2) is 36.4 Å². The lowest BCUT2D eigenvalue weighted by Crippen LogP contribution is -2.32. The van der Waals surface area contributed by atoms with Gasteiger partial charge in [0.15, 0.2) is 0 Å². The van der Waals surface area contributed by atoms with Crippen molar-refractivity contribution >= 4 is 20.0 Å². The van der Waals surface area contributed by atoms with Gasteiger partial charge in [0.25, 0.3) is 0 Å². The molecule has 0 bridgehead atoms. The first kappa shape index (κ1) is 38.4. The Hall–Kier alpha value is -2.60. The molecule has 2 atom stereocenters. The van der Waals surface area contributed by atoms with E-state index in [1.807, 2.05) is 44.2 Å². The Morgan fingerprint density at radius 2 is 1.29 bits per heavy atom. The maximum absolute atomic E-state index is 11.4. The molecule has 2 aromatic carbocycles. The molecule has 1 amide bonds. The Morgan fingerprint density at radius 1 is 0.854 bits per heavy atom. The monoisotopic (exact) mass is 574 g/mol. The van der Waals surface area contributed by atoms with E-state index in [2.05, 4.69) is 21.8 Å². The predicted molar refractivity (Wildman–Crippen MR) is 169 cm³/mol. The standard InChI is InChI=1S/C15H25BN2O3.C13H23BN2O2.CH4O/c1-11-10-13(7-8-15(11)21-4)14(18-12(2)19)6-5-9-17-16(3)20;1-10-9-11(6-7-13(10)18-3)12(15)5-4-8-16-14(2)17;1-2/h7-8,10,14,17,20H,5-6,9H2,1-4H3,(H,18,19);6-7,9,12,16-17H,4-5,8,15H2,1-3H3;2H,1H3/t14-;12-;/m11./s1. The van der Waals surface area contributed by atoms with Gasteiger partial charge in [0.05, 0.1) is 20.3 Å². The molecule has 0 aromatic heterocycles. The zero-order valence-corrected chi connectivity index (χ0v) is 26.2. The molecule has 2 rings (SSSR count). The number of carbonyl (C=O) groups excluding carboxylic acids is 1. The van der Waals surface area contributed by atoms with Crippen molar-refractivity contribution in [2.24, 2.45) is 5.73 Å². The Kier molecular flexibility index (Phi) is 20.7.